The minimum atomic E-state index is -0.361. The molecule has 7 nitrogen and oxygen atoms in total. The summed E-state index contributed by atoms with van der Waals surface area (Å²) in [4.78, 5) is 33.0. The molecule has 2 saturated heterocycles. The molecule has 0 radical (unpaired) electrons. The minimum Gasteiger partial charge on any atom is -0.493 e. The molecule has 1 unspecified atom stereocenters. The number of hydrogen-bond donors (Lipinski definition) is 1. The number of hydrogen-bond acceptors (Lipinski definition) is 5. The van der Waals surface area contributed by atoms with Gasteiger partial charge in [-0.05, 0) is 63.6 Å². The molecule has 202 valence electrons. The number of rotatable bonds is 11. The van der Waals surface area contributed by atoms with E-state index in [0.29, 0.717) is 37.3 Å². The summed E-state index contributed by atoms with van der Waals surface area (Å²) in [5.41, 5.74) is 1.20. The zero-order valence-electron chi connectivity index (χ0n) is 23.3. The van der Waals surface area contributed by atoms with Gasteiger partial charge in [-0.15, -0.1) is 0 Å². The molecule has 0 aromatic heterocycles. The first-order valence-electron chi connectivity index (χ1n) is 13.8. The maximum Gasteiger partial charge on any atom is 0.245 e. The summed E-state index contributed by atoms with van der Waals surface area (Å²) in [5, 5.41) is 3.37. The van der Waals surface area contributed by atoms with Gasteiger partial charge in [0.05, 0.1) is 12.6 Å². The monoisotopic (exact) mass is 500 g/mol. The van der Waals surface area contributed by atoms with Gasteiger partial charge < -0.3 is 24.8 Å². The average molecular weight is 501 g/mol. The number of ether oxygens (including phenoxy) is 1. The van der Waals surface area contributed by atoms with Crippen molar-refractivity contribution in [3.63, 3.8) is 0 Å². The molecule has 1 aromatic rings. The van der Waals surface area contributed by atoms with Gasteiger partial charge in [-0.25, -0.2) is 0 Å². The number of nitrogens with one attached hydrogen (secondary N) is 1. The molecule has 0 saturated carbocycles. The number of carbonyl (C=O) groups excluding carboxylic acids is 2. The van der Waals surface area contributed by atoms with E-state index in [1.54, 1.807) is 0 Å². The number of amides is 2. The van der Waals surface area contributed by atoms with Gasteiger partial charge in [-0.3, -0.25) is 9.59 Å². The molecule has 2 atom stereocenters. The van der Waals surface area contributed by atoms with Gasteiger partial charge in [0, 0.05) is 38.3 Å². The Morgan fingerprint density at radius 3 is 2.42 bits per heavy atom. The highest BCUT2D eigenvalue weighted by Crippen LogP contribution is 2.25. The number of para-hydroxylation sites is 1. The molecule has 0 bridgehead atoms. The third kappa shape index (κ3) is 7.94. The summed E-state index contributed by atoms with van der Waals surface area (Å²) in [6.07, 6.45) is 3.38. The molecule has 1 N–H and O–H groups in total. The van der Waals surface area contributed by atoms with Gasteiger partial charge in [-0.1, -0.05) is 45.9 Å². The van der Waals surface area contributed by atoms with Gasteiger partial charge in [0.1, 0.15) is 11.8 Å². The van der Waals surface area contributed by atoms with Crippen molar-refractivity contribution in [3.8, 4) is 5.75 Å². The van der Waals surface area contributed by atoms with Gasteiger partial charge in [-0.2, -0.15) is 0 Å². The Kier molecular flexibility index (Phi) is 10.6. The smallest absolute Gasteiger partial charge is 0.245 e. The standard InChI is InChI=1S/C29H48N4O3/c1-21(2)17-25-28(34)33(16-13-30-25)26(18-22(3)4)29(35)32-14-11-23(12-15-32)20-36-27-10-8-7-9-24(27)19-31(5)6/h7-10,21-23,25-26,30H,11-20H2,1-6H3/t25-,26?/m0/s1. The number of piperazine rings is 1. The Bertz CT molecular complexity index is 849. The zero-order chi connectivity index (χ0) is 26.2. The molecule has 2 aliphatic rings. The predicted molar refractivity (Wildman–Crippen MR) is 145 cm³/mol. The predicted octanol–water partition coefficient (Wildman–Crippen LogP) is 3.63. The molecular formula is C29H48N4O3. The van der Waals surface area contributed by atoms with Crippen LogP contribution >= 0.6 is 0 Å². The fraction of sp³-hybridized carbons (Fsp3) is 0.724. The van der Waals surface area contributed by atoms with E-state index in [-0.39, 0.29) is 23.9 Å². The first kappa shape index (κ1) is 28.5. The number of carbonyl (C=O) groups is 2. The number of nitrogens with zero attached hydrogens (tertiary/aromatic N) is 3. The lowest BCUT2D eigenvalue weighted by Gasteiger charge is -2.42. The lowest BCUT2D eigenvalue weighted by Crippen LogP contribution is -2.62. The Hall–Kier alpha value is -2.12. The summed E-state index contributed by atoms with van der Waals surface area (Å²) in [5.74, 6) is 2.38. The number of benzene rings is 1. The van der Waals surface area contributed by atoms with Crippen LogP contribution in [0.1, 0.15) is 58.9 Å². The Morgan fingerprint density at radius 2 is 1.78 bits per heavy atom. The van der Waals surface area contributed by atoms with Crippen molar-refractivity contribution in [1.29, 1.82) is 0 Å². The van der Waals surface area contributed by atoms with E-state index in [2.05, 4.69) is 64.1 Å². The van der Waals surface area contributed by atoms with Gasteiger partial charge in [0.25, 0.3) is 0 Å². The van der Waals surface area contributed by atoms with Crippen molar-refractivity contribution in [1.82, 2.24) is 20.0 Å². The fourth-order valence-corrected chi connectivity index (χ4v) is 5.38. The summed E-state index contributed by atoms with van der Waals surface area (Å²) >= 11 is 0. The van der Waals surface area contributed by atoms with Crippen molar-refractivity contribution in [2.45, 2.75) is 72.0 Å². The van der Waals surface area contributed by atoms with E-state index in [9.17, 15) is 9.59 Å². The summed E-state index contributed by atoms with van der Waals surface area (Å²) in [6.45, 7) is 12.9. The molecule has 36 heavy (non-hydrogen) atoms. The van der Waals surface area contributed by atoms with Gasteiger partial charge in [0.2, 0.25) is 11.8 Å². The van der Waals surface area contributed by atoms with E-state index in [1.807, 2.05) is 21.9 Å². The summed E-state index contributed by atoms with van der Waals surface area (Å²) in [7, 11) is 4.13. The highest BCUT2D eigenvalue weighted by molar-refractivity contribution is 5.90. The molecule has 0 aliphatic carbocycles. The third-order valence-corrected chi connectivity index (χ3v) is 7.25. The summed E-state index contributed by atoms with van der Waals surface area (Å²) < 4.78 is 6.24. The minimum absolute atomic E-state index is 0.0913. The lowest BCUT2D eigenvalue weighted by molar-refractivity contribution is -0.150. The average Bonchev–Trinajstić information content (AvgIpc) is 2.83. The molecule has 1 aromatic carbocycles. The highest BCUT2D eigenvalue weighted by atomic mass is 16.5. The molecule has 3 rings (SSSR count). The molecule has 0 spiro atoms. The van der Waals surface area contributed by atoms with E-state index >= 15 is 0 Å². The third-order valence-electron chi connectivity index (χ3n) is 7.25. The molecule has 2 amide bonds. The second kappa shape index (κ2) is 13.4. The zero-order valence-corrected chi connectivity index (χ0v) is 23.3. The maximum atomic E-state index is 13.7. The SMILES string of the molecule is CC(C)CC(C(=O)N1CCC(COc2ccccc2CN(C)C)CC1)N1CCN[C@@H](CC(C)C)C1=O. The van der Waals surface area contributed by atoms with Crippen molar-refractivity contribution in [2.24, 2.45) is 17.8 Å². The highest BCUT2D eigenvalue weighted by Gasteiger charge is 2.39. The van der Waals surface area contributed by atoms with E-state index in [4.69, 9.17) is 4.74 Å². The van der Waals surface area contributed by atoms with Crippen LogP contribution in [-0.2, 0) is 16.1 Å². The van der Waals surface area contributed by atoms with E-state index < -0.39 is 0 Å². The largest absolute Gasteiger partial charge is 0.493 e. The Balaban J connectivity index is 1.58. The van der Waals surface area contributed by atoms with Crippen LogP contribution in [0.3, 0.4) is 0 Å². The molecule has 2 aliphatic heterocycles. The lowest BCUT2D eigenvalue weighted by atomic mass is 9.94. The second-order valence-corrected chi connectivity index (χ2v) is 11.7. The normalized spacial score (nSPS) is 20.5. The number of likely N-dealkylation sites (tertiary alicyclic amines) is 1. The maximum absolute atomic E-state index is 13.7. The van der Waals surface area contributed by atoms with Crippen LogP contribution in [0.25, 0.3) is 0 Å². The second-order valence-electron chi connectivity index (χ2n) is 11.7. The van der Waals surface area contributed by atoms with Gasteiger partial charge in [0.15, 0.2) is 0 Å². The summed E-state index contributed by atoms with van der Waals surface area (Å²) in [6, 6.07) is 7.70. The topological polar surface area (TPSA) is 65.1 Å². The van der Waals surface area contributed by atoms with Crippen molar-refractivity contribution in [3.05, 3.63) is 29.8 Å². The van der Waals surface area contributed by atoms with E-state index in [1.165, 1.54) is 5.56 Å². The van der Waals surface area contributed by atoms with Crippen LogP contribution in [0.2, 0.25) is 0 Å². The quantitative estimate of drug-likeness (QED) is 0.503. The van der Waals surface area contributed by atoms with E-state index in [0.717, 1.165) is 51.2 Å². The van der Waals surface area contributed by atoms with Crippen LogP contribution in [0.15, 0.2) is 24.3 Å². The van der Waals surface area contributed by atoms with Gasteiger partial charge >= 0.3 is 0 Å². The van der Waals surface area contributed by atoms with Crippen molar-refractivity contribution >= 4 is 11.8 Å². The first-order valence-corrected chi connectivity index (χ1v) is 13.8. The Morgan fingerprint density at radius 1 is 1.08 bits per heavy atom. The van der Waals surface area contributed by atoms with Crippen molar-refractivity contribution in [2.75, 3.05) is 46.9 Å². The van der Waals surface area contributed by atoms with Crippen LogP contribution in [0.5, 0.6) is 5.75 Å². The molecule has 7 heteroatoms. The van der Waals surface area contributed by atoms with Crippen LogP contribution in [-0.4, -0.2) is 85.5 Å². The van der Waals surface area contributed by atoms with Crippen LogP contribution in [0.4, 0.5) is 0 Å². The van der Waals surface area contributed by atoms with Crippen molar-refractivity contribution < 1.29 is 14.3 Å². The molecule has 2 fully saturated rings. The van der Waals surface area contributed by atoms with Crippen LogP contribution in [0, 0.1) is 17.8 Å². The number of piperidine rings is 1. The molecular weight excluding hydrogens is 452 g/mol. The van der Waals surface area contributed by atoms with Crippen LogP contribution < -0.4 is 10.1 Å². The molecule has 2 heterocycles. The first-order chi connectivity index (χ1) is 17.2. The Labute approximate surface area is 218 Å². The fourth-order valence-electron chi connectivity index (χ4n) is 5.38.